The molecule has 0 unspecified atom stereocenters. The first-order valence-electron chi connectivity index (χ1n) is 7.37. The van der Waals surface area contributed by atoms with E-state index in [4.69, 9.17) is 9.84 Å². The van der Waals surface area contributed by atoms with E-state index in [1.807, 2.05) is 6.07 Å². The zero-order valence-electron chi connectivity index (χ0n) is 13.0. The number of nitrogens with zero attached hydrogens (tertiary/aromatic N) is 1. The van der Waals surface area contributed by atoms with Gasteiger partial charge in [0.15, 0.2) is 0 Å². The Labute approximate surface area is 138 Å². The maximum atomic E-state index is 12.8. The van der Waals surface area contributed by atoms with Crippen LogP contribution in [0.4, 0.5) is 0 Å². The van der Waals surface area contributed by atoms with E-state index < -0.39 is 5.97 Å². The summed E-state index contributed by atoms with van der Waals surface area (Å²) in [6.07, 6.45) is 1.33. The van der Waals surface area contributed by atoms with Gasteiger partial charge in [0.2, 0.25) is 5.78 Å². The molecule has 3 aromatic rings. The Morgan fingerprint density at radius 3 is 2.33 bits per heavy atom. The maximum absolute atomic E-state index is 12.8. The Kier molecular flexibility index (Phi) is 4.24. The number of ether oxygens (including phenoxy) is 1. The summed E-state index contributed by atoms with van der Waals surface area (Å²) in [4.78, 5) is 28.0. The van der Waals surface area contributed by atoms with Crippen molar-refractivity contribution in [3.05, 3.63) is 71.5 Å². The predicted molar refractivity (Wildman–Crippen MR) is 89.5 cm³/mol. The minimum absolute atomic E-state index is 0.134. The lowest BCUT2D eigenvalue weighted by molar-refractivity contribution is -0.136. The number of carbonyl (C=O) groups excluding carboxylic acids is 1. The van der Waals surface area contributed by atoms with Crippen molar-refractivity contribution < 1.29 is 19.4 Å². The van der Waals surface area contributed by atoms with Crippen LogP contribution in [0.2, 0.25) is 0 Å². The maximum Gasteiger partial charge on any atom is 0.307 e. The van der Waals surface area contributed by atoms with Gasteiger partial charge in [-0.3, -0.25) is 14.6 Å². The van der Waals surface area contributed by atoms with E-state index in [1.165, 1.54) is 6.20 Å². The Balaban J connectivity index is 2.09. The highest BCUT2D eigenvalue weighted by Gasteiger charge is 2.17. The molecule has 1 heterocycles. The first-order valence-corrected chi connectivity index (χ1v) is 7.37. The Hall–Kier alpha value is -3.21. The highest BCUT2D eigenvalue weighted by Crippen LogP contribution is 2.24. The van der Waals surface area contributed by atoms with Gasteiger partial charge >= 0.3 is 5.97 Å². The van der Waals surface area contributed by atoms with E-state index in [1.54, 1.807) is 49.6 Å². The molecule has 0 aliphatic heterocycles. The Bertz CT molecular complexity index is 916. The fourth-order valence-electron chi connectivity index (χ4n) is 2.62. The molecule has 0 saturated heterocycles. The third-order valence-corrected chi connectivity index (χ3v) is 3.79. The van der Waals surface area contributed by atoms with E-state index in [9.17, 15) is 9.59 Å². The molecule has 0 atom stereocenters. The number of rotatable bonds is 5. The first-order chi connectivity index (χ1) is 11.6. The number of carboxylic acids is 1. The zero-order chi connectivity index (χ0) is 17.1. The SMILES string of the molecule is COc1ccc(C(=O)c2ncc(CC(=O)O)c3ccccc23)cc1. The first kappa shape index (κ1) is 15.7. The third kappa shape index (κ3) is 2.96. The van der Waals surface area contributed by atoms with Crippen molar-refractivity contribution in [1.82, 2.24) is 4.98 Å². The molecule has 5 heteroatoms. The van der Waals surface area contributed by atoms with Crippen LogP contribution in [-0.2, 0) is 11.2 Å². The highest BCUT2D eigenvalue weighted by atomic mass is 16.5. The number of carboxylic acid groups (broad SMARTS) is 1. The molecule has 0 fully saturated rings. The summed E-state index contributed by atoms with van der Waals surface area (Å²) in [6.45, 7) is 0. The summed E-state index contributed by atoms with van der Waals surface area (Å²) in [7, 11) is 1.56. The summed E-state index contributed by atoms with van der Waals surface area (Å²) in [5.74, 6) is -0.479. The lowest BCUT2D eigenvalue weighted by Gasteiger charge is -2.09. The third-order valence-electron chi connectivity index (χ3n) is 3.79. The van der Waals surface area contributed by atoms with Gasteiger partial charge in [0.1, 0.15) is 11.4 Å². The molecule has 1 aromatic heterocycles. The molecule has 0 bridgehead atoms. The summed E-state index contributed by atoms with van der Waals surface area (Å²) >= 11 is 0. The molecule has 3 rings (SSSR count). The fourth-order valence-corrected chi connectivity index (χ4v) is 2.62. The van der Waals surface area contributed by atoms with Gasteiger partial charge in [-0.05, 0) is 35.2 Å². The van der Waals surface area contributed by atoms with Crippen LogP contribution in [0.15, 0.2) is 54.7 Å². The van der Waals surface area contributed by atoms with Crippen LogP contribution in [0.5, 0.6) is 5.75 Å². The Morgan fingerprint density at radius 1 is 1.04 bits per heavy atom. The molecule has 0 spiro atoms. The average molecular weight is 321 g/mol. The van der Waals surface area contributed by atoms with Crippen LogP contribution < -0.4 is 4.74 Å². The molecule has 24 heavy (non-hydrogen) atoms. The minimum Gasteiger partial charge on any atom is -0.497 e. The molecular weight excluding hydrogens is 306 g/mol. The van der Waals surface area contributed by atoms with Gasteiger partial charge in [-0.25, -0.2) is 0 Å². The number of hydrogen-bond acceptors (Lipinski definition) is 4. The number of fused-ring (bicyclic) bond motifs is 1. The van der Waals surface area contributed by atoms with Crippen molar-refractivity contribution in [2.24, 2.45) is 0 Å². The highest BCUT2D eigenvalue weighted by molar-refractivity contribution is 6.15. The van der Waals surface area contributed by atoms with Gasteiger partial charge in [0.05, 0.1) is 13.5 Å². The number of pyridine rings is 1. The molecule has 120 valence electrons. The van der Waals surface area contributed by atoms with Gasteiger partial charge in [-0.1, -0.05) is 24.3 Å². The summed E-state index contributed by atoms with van der Waals surface area (Å²) in [5.41, 5.74) is 1.40. The minimum atomic E-state index is -0.934. The second-order valence-electron chi connectivity index (χ2n) is 5.31. The number of ketones is 1. The quantitative estimate of drug-likeness (QED) is 0.731. The molecule has 0 aliphatic rings. The van der Waals surface area contributed by atoms with Crippen molar-refractivity contribution in [2.45, 2.75) is 6.42 Å². The van der Waals surface area contributed by atoms with E-state index in [0.29, 0.717) is 28.0 Å². The Morgan fingerprint density at radius 2 is 1.71 bits per heavy atom. The molecule has 0 amide bonds. The van der Waals surface area contributed by atoms with Crippen LogP contribution >= 0.6 is 0 Å². The predicted octanol–water partition coefficient (Wildman–Crippen LogP) is 3.10. The second-order valence-corrected chi connectivity index (χ2v) is 5.31. The van der Waals surface area contributed by atoms with Gasteiger partial charge in [0, 0.05) is 17.1 Å². The molecule has 2 aromatic carbocycles. The molecule has 0 radical (unpaired) electrons. The normalized spacial score (nSPS) is 10.5. The van der Waals surface area contributed by atoms with Crippen molar-refractivity contribution in [1.29, 1.82) is 0 Å². The van der Waals surface area contributed by atoms with Crippen LogP contribution in [-0.4, -0.2) is 29.0 Å². The lowest BCUT2D eigenvalue weighted by Crippen LogP contribution is -2.08. The molecule has 0 aliphatic carbocycles. The summed E-state index contributed by atoms with van der Waals surface area (Å²) in [6, 6.07) is 14.0. The van der Waals surface area contributed by atoms with Crippen molar-refractivity contribution >= 4 is 22.5 Å². The van der Waals surface area contributed by atoms with Gasteiger partial charge in [0.25, 0.3) is 0 Å². The van der Waals surface area contributed by atoms with E-state index in [-0.39, 0.29) is 12.2 Å². The lowest BCUT2D eigenvalue weighted by atomic mass is 9.98. The van der Waals surface area contributed by atoms with Crippen molar-refractivity contribution in [3.63, 3.8) is 0 Å². The van der Waals surface area contributed by atoms with E-state index in [2.05, 4.69) is 4.98 Å². The van der Waals surface area contributed by atoms with Crippen molar-refractivity contribution in [2.75, 3.05) is 7.11 Å². The molecule has 0 saturated carbocycles. The average Bonchev–Trinajstić information content (AvgIpc) is 2.61. The topological polar surface area (TPSA) is 76.5 Å². The van der Waals surface area contributed by atoms with Crippen LogP contribution in [0, 0.1) is 0 Å². The van der Waals surface area contributed by atoms with Gasteiger partial charge < -0.3 is 9.84 Å². The fraction of sp³-hybridized carbons (Fsp3) is 0.105. The van der Waals surface area contributed by atoms with Gasteiger partial charge in [-0.15, -0.1) is 0 Å². The number of methoxy groups -OCH3 is 1. The second kappa shape index (κ2) is 6.50. The number of hydrogen-bond donors (Lipinski definition) is 1. The largest absolute Gasteiger partial charge is 0.497 e. The van der Waals surface area contributed by atoms with E-state index >= 15 is 0 Å². The van der Waals surface area contributed by atoms with E-state index in [0.717, 1.165) is 5.39 Å². The summed E-state index contributed by atoms with van der Waals surface area (Å²) < 4.78 is 5.10. The molecule has 5 nitrogen and oxygen atoms in total. The number of carbonyl (C=O) groups is 2. The summed E-state index contributed by atoms with van der Waals surface area (Å²) in [5, 5.41) is 10.4. The standard InChI is InChI=1S/C19H15NO4/c1-24-14-8-6-12(7-9-14)19(23)18-16-5-3-2-4-15(16)13(11-20-18)10-17(21)22/h2-9,11H,10H2,1H3,(H,21,22). The zero-order valence-corrected chi connectivity index (χ0v) is 13.0. The number of aromatic nitrogens is 1. The number of benzene rings is 2. The van der Waals surface area contributed by atoms with Gasteiger partial charge in [-0.2, -0.15) is 0 Å². The smallest absolute Gasteiger partial charge is 0.307 e. The molecule has 1 N–H and O–H groups in total. The van der Waals surface area contributed by atoms with Crippen LogP contribution in [0.1, 0.15) is 21.6 Å². The van der Waals surface area contributed by atoms with Crippen LogP contribution in [0.3, 0.4) is 0 Å². The van der Waals surface area contributed by atoms with Crippen molar-refractivity contribution in [3.8, 4) is 5.75 Å². The van der Waals surface area contributed by atoms with Crippen LogP contribution in [0.25, 0.3) is 10.8 Å². The monoisotopic (exact) mass is 321 g/mol. The number of aliphatic carboxylic acids is 1. The molecular formula is C19H15NO4.